The van der Waals surface area contributed by atoms with Crippen molar-refractivity contribution in [1.82, 2.24) is 4.72 Å². The van der Waals surface area contributed by atoms with Crippen LogP contribution in [0.2, 0.25) is 0 Å². The van der Waals surface area contributed by atoms with Gasteiger partial charge in [-0.25, -0.2) is 13.1 Å². The third-order valence-corrected chi connectivity index (χ3v) is 6.00. The fourth-order valence-electron chi connectivity index (χ4n) is 3.22. The lowest BCUT2D eigenvalue weighted by Crippen LogP contribution is -2.26. The molecular formula is C21H26N2O4S. The first-order valence-electron chi connectivity index (χ1n) is 9.42. The number of sulfonamides is 1. The highest BCUT2D eigenvalue weighted by atomic mass is 32.2. The molecule has 1 aliphatic heterocycles. The maximum absolute atomic E-state index is 12.7. The molecule has 0 aromatic heterocycles. The number of carbonyl (C=O) groups excluding carboxylic acids is 1. The quantitative estimate of drug-likeness (QED) is 0.770. The molecule has 7 heteroatoms. The Balaban J connectivity index is 1.69. The van der Waals surface area contributed by atoms with Gasteiger partial charge in [0.05, 0.1) is 11.0 Å². The second-order valence-corrected chi connectivity index (χ2v) is 9.00. The number of aryl methyl sites for hydroxylation is 1. The molecule has 1 saturated heterocycles. The van der Waals surface area contributed by atoms with E-state index in [0.717, 1.165) is 29.0 Å². The molecule has 0 spiro atoms. The molecule has 0 atom stereocenters. The largest absolute Gasteiger partial charge is 0.491 e. The van der Waals surface area contributed by atoms with Crippen molar-refractivity contribution in [2.75, 3.05) is 11.4 Å². The van der Waals surface area contributed by atoms with Crippen LogP contribution in [0.1, 0.15) is 37.8 Å². The van der Waals surface area contributed by atoms with Gasteiger partial charge in [0.15, 0.2) is 0 Å². The Morgan fingerprint density at radius 3 is 2.43 bits per heavy atom. The van der Waals surface area contributed by atoms with Crippen LogP contribution in [0.4, 0.5) is 5.69 Å². The van der Waals surface area contributed by atoms with Gasteiger partial charge in [-0.15, -0.1) is 0 Å². The summed E-state index contributed by atoms with van der Waals surface area (Å²) in [7, 11) is -3.65. The van der Waals surface area contributed by atoms with Crippen molar-refractivity contribution in [3.05, 3.63) is 53.6 Å². The Labute approximate surface area is 166 Å². The first kappa shape index (κ1) is 20.4. The third kappa shape index (κ3) is 4.72. The number of carbonyl (C=O) groups is 1. The number of hydrogen-bond donors (Lipinski definition) is 1. The van der Waals surface area contributed by atoms with Crippen LogP contribution >= 0.6 is 0 Å². The Hall–Kier alpha value is -2.38. The van der Waals surface area contributed by atoms with E-state index in [1.807, 2.05) is 45.0 Å². The minimum atomic E-state index is -3.65. The minimum absolute atomic E-state index is 0.0849. The number of nitrogens with one attached hydrogen (secondary N) is 1. The first-order valence-corrected chi connectivity index (χ1v) is 10.9. The van der Waals surface area contributed by atoms with Crippen LogP contribution in [0.3, 0.4) is 0 Å². The van der Waals surface area contributed by atoms with Crippen molar-refractivity contribution < 1.29 is 17.9 Å². The molecule has 0 bridgehead atoms. The molecule has 0 radical (unpaired) electrons. The van der Waals surface area contributed by atoms with Gasteiger partial charge in [-0.3, -0.25) is 4.79 Å². The zero-order valence-electron chi connectivity index (χ0n) is 16.4. The highest BCUT2D eigenvalue weighted by Gasteiger charge is 2.24. The molecular weight excluding hydrogens is 376 g/mol. The van der Waals surface area contributed by atoms with Crippen LogP contribution in [0, 0.1) is 6.92 Å². The lowest BCUT2D eigenvalue weighted by Gasteiger charge is -2.19. The van der Waals surface area contributed by atoms with E-state index in [2.05, 4.69) is 4.72 Å². The van der Waals surface area contributed by atoms with Crippen molar-refractivity contribution >= 4 is 21.6 Å². The first-order chi connectivity index (χ1) is 13.3. The summed E-state index contributed by atoms with van der Waals surface area (Å²) >= 11 is 0. The predicted octanol–water partition coefficient (Wildman–Crippen LogP) is 3.39. The van der Waals surface area contributed by atoms with Gasteiger partial charge in [-0.2, -0.15) is 0 Å². The average Bonchev–Trinajstić information content (AvgIpc) is 3.06. The van der Waals surface area contributed by atoms with Crippen LogP contribution in [0.25, 0.3) is 0 Å². The zero-order valence-corrected chi connectivity index (χ0v) is 17.3. The molecule has 150 valence electrons. The summed E-state index contributed by atoms with van der Waals surface area (Å²) in [6.45, 7) is 6.60. The molecule has 1 amide bonds. The highest BCUT2D eigenvalue weighted by Crippen LogP contribution is 2.27. The number of amides is 1. The van der Waals surface area contributed by atoms with E-state index in [0.29, 0.717) is 13.0 Å². The fraction of sp³-hybridized carbons (Fsp3) is 0.381. The van der Waals surface area contributed by atoms with Crippen LogP contribution in [-0.2, 0) is 21.4 Å². The van der Waals surface area contributed by atoms with Crippen LogP contribution < -0.4 is 14.4 Å². The van der Waals surface area contributed by atoms with Crippen molar-refractivity contribution in [2.24, 2.45) is 0 Å². The van der Waals surface area contributed by atoms with Crippen LogP contribution in [0.15, 0.2) is 47.4 Å². The minimum Gasteiger partial charge on any atom is -0.491 e. The number of rotatable bonds is 7. The van der Waals surface area contributed by atoms with Gasteiger partial charge in [0.1, 0.15) is 5.75 Å². The predicted molar refractivity (Wildman–Crippen MR) is 109 cm³/mol. The summed E-state index contributed by atoms with van der Waals surface area (Å²) in [4.78, 5) is 13.9. The monoisotopic (exact) mass is 402 g/mol. The highest BCUT2D eigenvalue weighted by molar-refractivity contribution is 7.89. The van der Waals surface area contributed by atoms with Gasteiger partial charge in [-0.05, 0) is 68.7 Å². The normalized spacial score (nSPS) is 14.7. The number of hydrogen-bond acceptors (Lipinski definition) is 4. The van der Waals surface area contributed by atoms with E-state index in [9.17, 15) is 13.2 Å². The second-order valence-electron chi connectivity index (χ2n) is 7.23. The molecule has 1 aliphatic rings. The smallest absolute Gasteiger partial charge is 0.240 e. The summed E-state index contributed by atoms with van der Waals surface area (Å²) in [5.41, 5.74) is 2.39. The Morgan fingerprint density at radius 2 is 1.86 bits per heavy atom. The Morgan fingerprint density at radius 1 is 1.14 bits per heavy atom. The van der Waals surface area contributed by atoms with Crippen molar-refractivity contribution in [1.29, 1.82) is 0 Å². The zero-order chi connectivity index (χ0) is 20.3. The van der Waals surface area contributed by atoms with Crippen LogP contribution in [-0.4, -0.2) is 27.0 Å². The lowest BCUT2D eigenvalue weighted by molar-refractivity contribution is -0.117. The summed E-state index contributed by atoms with van der Waals surface area (Å²) in [5, 5.41) is 0. The van der Waals surface area contributed by atoms with E-state index in [4.69, 9.17) is 4.74 Å². The molecule has 3 rings (SSSR count). The Kier molecular flexibility index (Phi) is 6.05. The van der Waals surface area contributed by atoms with Gasteiger partial charge in [0.25, 0.3) is 0 Å². The molecule has 1 heterocycles. The summed E-state index contributed by atoms with van der Waals surface area (Å²) < 4.78 is 33.5. The number of benzene rings is 2. The SMILES string of the molecule is Cc1cc(S(=O)(=O)NCc2ccc(OC(C)C)cc2)ccc1N1CCCC1=O. The van der Waals surface area contributed by atoms with Crippen molar-refractivity contribution in [2.45, 2.75) is 51.2 Å². The molecule has 0 saturated carbocycles. The van der Waals surface area contributed by atoms with E-state index in [1.165, 1.54) is 0 Å². The number of ether oxygens (including phenoxy) is 1. The number of nitrogens with zero attached hydrogens (tertiary/aromatic N) is 1. The Bertz CT molecular complexity index is 953. The molecule has 28 heavy (non-hydrogen) atoms. The molecule has 6 nitrogen and oxygen atoms in total. The molecule has 0 aliphatic carbocycles. The van der Waals surface area contributed by atoms with E-state index >= 15 is 0 Å². The molecule has 2 aromatic carbocycles. The van der Waals surface area contributed by atoms with E-state index in [-0.39, 0.29) is 23.5 Å². The van der Waals surface area contributed by atoms with E-state index in [1.54, 1.807) is 23.1 Å². The maximum atomic E-state index is 12.7. The van der Waals surface area contributed by atoms with Gasteiger partial charge in [0, 0.05) is 25.2 Å². The summed E-state index contributed by atoms with van der Waals surface area (Å²) in [5.74, 6) is 0.839. The molecule has 2 aromatic rings. The van der Waals surface area contributed by atoms with Crippen LogP contribution in [0.5, 0.6) is 5.75 Å². The third-order valence-electron chi connectivity index (χ3n) is 4.60. The number of anilines is 1. The molecule has 1 N–H and O–H groups in total. The van der Waals surface area contributed by atoms with E-state index < -0.39 is 10.0 Å². The maximum Gasteiger partial charge on any atom is 0.240 e. The second kappa shape index (κ2) is 8.32. The van der Waals surface area contributed by atoms with Gasteiger partial charge >= 0.3 is 0 Å². The summed E-state index contributed by atoms with van der Waals surface area (Å²) in [6, 6.07) is 12.2. The van der Waals surface area contributed by atoms with Gasteiger partial charge < -0.3 is 9.64 Å². The van der Waals surface area contributed by atoms with Crippen molar-refractivity contribution in [3.63, 3.8) is 0 Å². The standard InChI is InChI=1S/C21H26N2O4S/c1-15(2)27-18-8-6-17(7-9-18)14-22-28(25,26)19-10-11-20(16(3)13-19)23-12-4-5-21(23)24/h6-11,13,15,22H,4-5,12,14H2,1-3H3. The lowest BCUT2D eigenvalue weighted by atomic mass is 10.2. The van der Waals surface area contributed by atoms with Crippen molar-refractivity contribution in [3.8, 4) is 5.75 Å². The molecule has 0 unspecified atom stereocenters. The average molecular weight is 403 g/mol. The fourth-order valence-corrected chi connectivity index (χ4v) is 4.32. The van der Waals surface area contributed by atoms with Gasteiger partial charge in [-0.1, -0.05) is 12.1 Å². The summed E-state index contributed by atoms with van der Waals surface area (Å²) in [6.07, 6.45) is 1.47. The van der Waals surface area contributed by atoms with Gasteiger partial charge in [0.2, 0.25) is 15.9 Å². The molecule has 1 fully saturated rings. The topological polar surface area (TPSA) is 75.7 Å².